The molecule has 2 N–H and O–H groups in total. The van der Waals surface area contributed by atoms with Gasteiger partial charge in [-0.25, -0.2) is 4.79 Å². The first-order valence-electron chi connectivity index (χ1n) is 7.63. The minimum atomic E-state index is -0.373. The highest BCUT2D eigenvalue weighted by atomic mass is 16.5. The number of nitrogens with zero attached hydrogens (tertiary/aromatic N) is 2. The second-order valence-electron chi connectivity index (χ2n) is 5.96. The molecule has 2 aliphatic rings. The van der Waals surface area contributed by atoms with E-state index in [2.05, 4.69) is 9.80 Å². The molecule has 1 aromatic carbocycles. The summed E-state index contributed by atoms with van der Waals surface area (Å²) in [6.07, 6.45) is 2.79. The Morgan fingerprint density at radius 3 is 2.62 bits per heavy atom. The molecule has 5 heteroatoms. The third-order valence-electron chi connectivity index (χ3n) is 4.41. The minimum absolute atomic E-state index is 0.373. The number of ether oxygens (including phenoxy) is 1. The molecule has 0 amide bonds. The predicted octanol–water partition coefficient (Wildman–Crippen LogP) is 1.59. The Balaban J connectivity index is 1.68. The lowest BCUT2D eigenvalue weighted by atomic mass is 10.1. The molecule has 1 aliphatic heterocycles. The van der Waals surface area contributed by atoms with Crippen molar-refractivity contribution in [1.82, 2.24) is 4.90 Å². The molecule has 1 aliphatic carbocycles. The molecule has 21 heavy (non-hydrogen) atoms. The van der Waals surface area contributed by atoms with Gasteiger partial charge in [0.15, 0.2) is 0 Å². The van der Waals surface area contributed by atoms with Gasteiger partial charge in [0.05, 0.1) is 24.0 Å². The molecule has 0 radical (unpaired) electrons. The zero-order chi connectivity index (χ0) is 14.8. The first-order chi connectivity index (χ1) is 10.2. The van der Waals surface area contributed by atoms with Gasteiger partial charge in [-0.15, -0.1) is 0 Å². The van der Waals surface area contributed by atoms with Crippen molar-refractivity contribution in [2.75, 3.05) is 50.5 Å². The number of rotatable bonds is 4. The third-order valence-corrected chi connectivity index (χ3v) is 4.41. The van der Waals surface area contributed by atoms with Crippen LogP contribution >= 0.6 is 0 Å². The largest absolute Gasteiger partial charge is 0.465 e. The Kier molecular flexibility index (Phi) is 4.01. The van der Waals surface area contributed by atoms with E-state index in [0.717, 1.165) is 37.8 Å². The maximum absolute atomic E-state index is 11.7. The van der Waals surface area contributed by atoms with Crippen molar-refractivity contribution < 1.29 is 9.53 Å². The number of hydrogen-bond acceptors (Lipinski definition) is 5. The molecule has 5 nitrogen and oxygen atoms in total. The van der Waals surface area contributed by atoms with Gasteiger partial charge in [0.25, 0.3) is 0 Å². The number of benzene rings is 1. The zero-order valence-electron chi connectivity index (χ0n) is 12.5. The number of carbonyl (C=O) groups excluding carboxylic acids is 1. The fraction of sp³-hybridized carbons (Fsp3) is 0.562. The van der Waals surface area contributed by atoms with Gasteiger partial charge in [0, 0.05) is 32.7 Å². The van der Waals surface area contributed by atoms with E-state index in [0.29, 0.717) is 11.3 Å². The van der Waals surface area contributed by atoms with Gasteiger partial charge in [-0.3, -0.25) is 4.90 Å². The van der Waals surface area contributed by atoms with Crippen LogP contribution in [-0.4, -0.2) is 50.7 Å². The summed E-state index contributed by atoms with van der Waals surface area (Å²) in [5.41, 5.74) is 8.09. The van der Waals surface area contributed by atoms with E-state index in [1.54, 1.807) is 6.07 Å². The molecule has 3 rings (SSSR count). The molecule has 0 unspecified atom stereocenters. The highest BCUT2D eigenvalue weighted by molar-refractivity contribution is 5.98. The van der Waals surface area contributed by atoms with Gasteiger partial charge in [-0.2, -0.15) is 0 Å². The third kappa shape index (κ3) is 3.13. The summed E-state index contributed by atoms with van der Waals surface area (Å²) in [6, 6.07) is 5.57. The molecule has 0 aromatic heterocycles. The number of anilines is 2. The van der Waals surface area contributed by atoms with E-state index in [1.165, 1.54) is 26.5 Å². The van der Waals surface area contributed by atoms with Crippen LogP contribution in [0.1, 0.15) is 23.2 Å². The normalized spacial score (nSPS) is 19.6. The standard InChI is InChI=1S/C16H23N3O2/c1-21-16(20)13-3-2-4-14(15(13)17)19-9-7-18(8-10-19)11-12-5-6-12/h2-4,12H,5-11,17H2,1H3. The van der Waals surface area contributed by atoms with E-state index >= 15 is 0 Å². The summed E-state index contributed by atoms with van der Waals surface area (Å²) in [6.45, 7) is 5.30. The number of nitrogen functional groups attached to an aromatic ring is 1. The zero-order valence-corrected chi connectivity index (χ0v) is 12.5. The highest BCUT2D eigenvalue weighted by Crippen LogP contribution is 2.31. The molecule has 1 saturated heterocycles. The van der Waals surface area contributed by atoms with Crippen LogP contribution in [0.5, 0.6) is 0 Å². The lowest BCUT2D eigenvalue weighted by Crippen LogP contribution is -2.47. The monoisotopic (exact) mass is 289 g/mol. The van der Waals surface area contributed by atoms with Crippen molar-refractivity contribution in [2.24, 2.45) is 5.92 Å². The number of piperazine rings is 1. The molecule has 0 spiro atoms. The smallest absolute Gasteiger partial charge is 0.340 e. The second kappa shape index (κ2) is 5.93. The summed E-state index contributed by atoms with van der Waals surface area (Å²) < 4.78 is 4.78. The lowest BCUT2D eigenvalue weighted by Gasteiger charge is -2.36. The van der Waals surface area contributed by atoms with Crippen LogP contribution in [0.3, 0.4) is 0 Å². The second-order valence-corrected chi connectivity index (χ2v) is 5.96. The van der Waals surface area contributed by atoms with Gasteiger partial charge >= 0.3 is 5.97 Å². The lowest BCUT2D eigenvalue weighted by molar-refractivity contribution is 0.0602. The van der Waals surface area contributed by atoms with Gasteiger partial charge < -0.3 is 15.4 Å². The SMILES string of the molecule is COC(=O)c1cccc(N2CCN(CC3CC3)CC2)c1N. The van der Waals surface area contributed by atoms with E-state index in [4.69, 9.17) is 10.5 Å². The van der Waals surface area contributed by atoms with Gasteiger partial charge in [-0.05, 0) is 30.9 Å². The minimum Gasteiger partial charge on any atom is -0.465 e. The van der Waals surface area contributed by atoms with Gasteiger partial charge in [0.1, 0.15) is 0 Å². The van der Waals surface area contributed by atoms with Gasteiger partial charge in [-0.1, -0.05) is 6.07 Å². The molecule has 114 valence electrons. The fourth-order valence-corrected chi connectivity index (χ4v) is 2.95. The number of hydrogen-bond donors (Lipinski definition) is 1. The topological polar surface area (TPSA) is 58.8 Å². The molecule has 1 aromatic rings. The van der Waals surface area contributed by atoms with E-state index in [-0.39, 0.29) is 5.97 Å². The van der Waals surface area contributed by atoms with Gasteiger partial charge in [0.2, 0.25) is 0 Å². The maximum atomic E-state index is 11.7. The van der Waals surface area contributed by atoms with Crippen LogP contribution in [0, 0.1) is 5.92 Å². The Morgan fingerprint density at radius 2 is 2.00 bits per heavy atom. The first kappa shape index (κ1) is 14.2. The van der Waals surface area contributed by atoms with Crippen molar-refractivity contribution in [1.29, 1.82) is 0 Å². The van der Waals surface area contributed by atoms with Crippen LogP contribution in [0.15, 0.2) is 18.2 Å². The van der Waals surface area contributed by atoms with Crippen LogP contribution in [0.2, 0.25) is 0 Å². The average molecular weight is 289 g/mol. The molecule has 0 atom stereocenters. The predicted molar refractivity (Wildman–Crippen MR) is 83.6 cm³/mol. The summed E-state index contributed by atoms with van der Waals surface area (Å²) in [4.78, 5) is 16.5. The quantitative estimate of drug-likeness (QED) is 0.674. The Labute approximate surface area is 125 Å². The molecule has 2 fully saturated rings. The molecule has 1 heterocycles. The molecular formula is C16H23N3O2. The molecular weight excluding hydrogens is 266 g/mol. The summed E-state index contributed by atoms with van der Waals surface area (Å²) >= 11 is 0. The van der Waals surface area contributed by atoms with Crippen LogP contribution < -0.4 is 10.6 Å². The number of esters is 1. The summed E-state index contributed by atoms with van der Waals surface area (Å²) in [5.74, 6) is 0.561. The summed E-state index contributed by atoms with van der Waals surface area (Å²) in [7, 11) is 1.38. The van der Waals surface area contributed by atoms with E-state index in [1.807, 2.05) is 12.1 Å². The number of para-hydroxylation sites is 1. The van der Waals surface area contributed by atoms with Crippen molar-refractivity contribution in [3.63, 3.8) is 0 Å². The van der Waals surface area contributed by atoms with Crippen molar-refractivity contribution in [3.05, 3.63) is 23.8 Å². The summed E-state index contributed by atoms with van der Waals surface area (Å²) in [5, 5.41) is 0. The molecule has 1 saturated carbocycles. The molecule has 0 bridgehead atoms. The maximum Gasteiger partial charge on any atom is 0.340 e. The van der Waals surface area contributed by atoms with Crippen molar-refractivity contribution >= 4 is 17.3 Å². The van der Waals surface area contributed by atoms with Crippen molar-refractivity contribution in [2.45, 2.75) is 12.8 Å². The van der Waals surface area contributed by atoms with E-state index < -0.39 is 0 Å². The van der Waals surface area contributed by atoms with Crippen LogP contribution in [-0.2, 0) is 4.74 Å². The van der Waals surface area contributed by atoms with Crippen molar-refractivity contribution in [3.8, 4) is 0 Å². The van der Waals surface area contributed by atoms with Crippen LogP contribution in [0.4, 0.5) is 11.4 Å². The number of carbonyl (C=O) groups is 1. The fourth-order valence-electron chi connectivity index (χ4n) is 2.95. The van der Waals surface area contributed by atoms with Crippen LogP contribution in [0.25, 0.3) is 0 Å². The first-order valence-corrected chi connectivity index (χ1v) is 7.63. The Hall–Kier alpha value is -1.75. The Bertz CT molecular complexity index is 520. The average Bonchev–Trinajstić information content (AvgIpc) is 3.32. The highest BCUT2D eigenvalue weighted by Gasteiger charge is 2.27. The van der Waals surface area contributed by atoms with E-state index in [9.17, 15) is 4.79 Å². The number of methoxy groups -OCH3 is 1. The number of nitrogens with two attached hydrogens (primary N) is 1. The Morgan fingerprint density at radius 1 is 1.29 bits per heavy atom.